The van der Waals surface area contributed by atoms with Crippen molar-refractivity contribution < 1.29 is 4.79 Å². The lowest BCUT2D eigenvalue weighted by atomic mass is 10.2. The van der Waals surface area contributed by atoms with Crippen LogP contribution in [0.5, 0.6) is 0 Å². The molecule has 1 aromatic rings. The van der Waals surface area contributed by atoms with Crippen LogP contribution in [0.4, 0.5) is 5.69 Å². The lowest BCUT2D eigenvalue weighted by molar-refractivity contribution is -0.117. The molecule has 0 atom stereocenters. The lowest BCUT2D eigenvalue weighted by Crippen LogP contribution is -2.24. The first kappa shape index (κ1) is 8.30. The van der Waals surface area contributed by atoms with Crippen LogP contribution in [0.2, 0.25) is 0 Å². The van der Waals surface area contributed by atoms with Crippen molar-refractivity contribution >= 4 is 11.6 Å². The molecule has 1 aromatic carbocycles. The van der Waals surface area contributed by atoms with Gasteiger partial charge in [-0.05, 0) is 25.0 Å². The van der Waals surface area contributed by atoms with Gasteiger partial charge in [0.15, 0.2) is 0 Å². The summed E-state index contributed by atoms with van der Waals surface area (Å²) in [6.45, 7) is 4.74. The number of anilines is 1. The van der Waals surface area contributed by atoms with E-state index in [-0.39, 0.29) is 5.91 Å². The van der Waals surface area contributed by atoms with E-state index in [1.807, 2.05) is 29.2 Å². The summed E-state index contributed by atoms with van der Waals surface area (Å²) in [4.78, 5) is 13.2. The monoisotopic (exact) mass is 174 g/mol. The summed E-state index contributed by atoms with van der Waals surface area (Å²) in [6.07, 6.45) is 1.64. The van der Waals surface area contributed by atoms with Gasteiger partial charge in [0, 0.05) is 18.7 Å². The van der Waals surface area contributed by atoms with Crippen molar-refractivity contribution in [1.82, 2.24) is 0 Å². The maximum atomic E-state index is 11.4. The number of amides is 1. The number of carbonyl (C=O) groups is 1. The average molecular weight is 174 g/mol. The molecule has 0 saturated carbocycles. The molecule has 0 bridgehead atoms. The second-order valence-electron chi connectivity index (χ2n) is 3.28. The molecule has 0 aliphatic carbocycles. The van der Waals surface area contributed by atoms with E-state index in [2.05, 4.69) is 6.92 Å². The maximum absolute atomic E-state index is 11.4. The van der Waals surface area contributed by atoms with Gasteiger partial charge >= 0.3 is 0 Å². The topological polar surface area (TPSA) is 20.3 Å². The van der Waals surface area contributed by atoms with Gasteiger partial charge in [-0.1, -0.05) is 18.2 Å². The Morgan fingerprint density at radius 3 is 2.69 bits per heavy atom. The smallest absolute Gasteiger partial charge is 0.227 e. The van der Waals surface area contributed by atoms with Gasteiger partial charge < -0.3 is 4.90 Å². The zero-order chi connectivity index (χ0) is 9.26. The summed E-state index contributed by atoms with van der Waals surface area (Å²) in [5.41, 5.74) is 1.89. The summed E-state index contributed by atoms with van der Waals surface area (Å²) < 4.78 is 0. The van der Waals surface area contributed by atoms with E-state index >= 15 is 0 Å². The Morgan fingerprint density at radius 2 is 2.08 bits per heavy atom. The predicted octanol–water partition coefficient (Wildman–Crippen LogP) is 2.00. The second-order valence-corrected chi connectivity index (χ2v) is 3.28. The Balaban J connectivity index is 2.34. The summed E-state index contributed by atoms with van der Waals surface area (Å²) in [6, 6.07) is 7.76. The van der Waals surface area contributed by atoms with Crippen LogP contribution >= 0.6 is 0 Å². The minimum atomic E-state index is 0.219. The van der Waals surface area contributed by atoms with Gasteiger partial charge in [-0.3, -0.25) is 4.79 Å². The fourth-order valence-electron chi connectivity index (χ4n) is 1.68. The first-order chi connectivity index (χ1) is 6.29. The second kappa shape index (κ2) is 3.21. The molecular weight excluding hydrogens is 162 g/mol. The van der Waals surface area contributed by atoms with Gasteiger partial charge in [-0.25, -0.2) is 0 Å². The Hall–Kier alpha value is -1.31. The summed E-state index contributed by atoms with van der Waals surface area (Å²) in [7, 11) is 0. The average Bonchev–Trinajstić information content (AvgIpc) is 2.52. The van der Waals surface area contributed by atoms with E-state index in [9.17, 15) is 4.79 Å². The molecule has 1 saturated heterocycles. The molecule has 0 unspecified atom stereocenters. The number of benzene rings is 1. The number of rotatable bonds is 1. The third-order valence-corrected chi connectivity index (χ3v) is 2.36. The van der Waals surface area contributed by atoms with Gasteiger partial charge in [-0.2, -0.15) is 0 Å². The molecule has 1 fully saturated rings. The summed E-state index contributed by atoms with van der Waals surface area (Å²) in [5.74, 6) is 0.219. The lowest BCUT2D eigenvalue weighted by Gasteiger charge is -2.17. The molecule has 0 aromatic heterocycles. The first-order valence-electron chi connectivity index (χ1n) is 4.50. The number of hydrogen-bond acceptors (Lipinski definition) is 1. The maximum Gasteiger partial charge on any atom is 0.227 e. The van der Waals surface area contributed by atoms with Crippen molar-refractivity contribution in [3.05, 3.63) is 36.8 Å². The highest BCUT2D eigenvalue weighted by Gasteiger charge is 2.22. The van der Waals surface area contributed by atoms with Gasteiger partial charge in [0.2, 0.25) is 5.91 Å². The van der Waals surface area contributed by atoms with Crippen LogP contribution in [0.3, 0.4) is 0 Å². The molecule has 13 heavy (non-hydrogen) atoms. The molecule has 1 aliphatic rings. The highest BCUT2D eigenvalue weighted by molar-refractivity contribution is 5.96. The highest BCUT2D eigenvalue weighted by Crippen LogP contribution is 2.24. The van der Waals surface area contributed by atoms with Crippen LogP contribution in [-0.4, -0.2) is 12.5 Å². The Morgan fingerprint density at radius 1 is 1.31 bits per heavy atom. The van der Waals surface area contributed by atoms with E-state index < -0.39 is 0 Å². The molecule has 1 heterocycles. The summed E-state index contributed by atoms with van der Waals surface area (Å²) in [5, 5.41) is 0. The number of nitrogens with zero attached hydrogens (tertiary/aromatic N) is 1. The van der Waals surface area contributed by atoms with Crippen molar-refractivity contribution in [2.24, 2.45) is 0 Å². The van der Waals surface area contributed by atoms with E-state index in [0.29, 0.717) is 6.42 Å². The van der Waals surface area contributed by atoms with Crippen LogP contribution in [0.1, 0.15) is 18.4 Å². The predicted molar refractivity (Wildman–Crippen MR) is 52.5 cm³/mol. The largest absolute Gasteiger partial charge is 0.312 e. The van der Waals surface area contributed by atoms with Crippen molar-refractivity contribution in [1.29, 1.82) is 0 Å². The highest BCUT2D eigenvalue weighted by atomic mass is 16.2. The molecule has 1 radical (unpaired) electrons. The minimum absolute atomic E-state index is 0.219. The zero-order valence-corrected chi connectivity index (χ0v) is 7.49. The van der Waals surface area contributed by atoms with Crippen LogP contribution in [0.25, 0.3) is 0 Å². The molecular formula is C11H12NO. The fourth-order valence-corrected chi connectivity index (χ4v) is 1.68. The Kier molecular flexibility index (Phi) is 2.05. The first-order valence-corrected chi connectivity index (χ1v) is 4.50. The molecule has 2 heteroatoms. The molecule has 0 spiro atoms. The van der Waals surface area contributed by atoms with Gasteiger partial charge in [0.05, 0.1) is 0 Å². The van der Waals surface area contributed by atoms with Crippen LogP contribution in [0.15, 0.2) is 24.3 Å². The van der Waals surface area contributed by atoms with E-state index in [1.165, 1.54) is 0 Å². The molecule has 0 N–H and O–H groups in total. The number of para-hydroxylation sites is 1. The third-order valence-electron chi connectivity index (χ3n) is 2.36. The minimum Gasteiger partial charge on any atom is -0.312 e. The van der Waals surface area contributed by atoms with Gasteiger partial charge in [0.25, 0.3) is 0 Å². The van der Waals surface area contributed by atoms with Crippen LogP contribution < -0.4 is 4.90 Å². The quantitative estimate of drug-likeness (QED) is 0.637. The normalized spacial score (nSPS) is 16.7. The Bertz CT molecular complexity index is 333. The molecule has 1 amide bonds. The molecule has 1 aliphatic heterocycles. The van der Waals surface area contributed by atoms with E-state index in [1.54, 1.807) is 0 Å². The van der Waals surface area contributed by atoms with Crippen LogP contribution in [0, 0.1) is 6.92 Å². The van der Waals surface area contributed by atoms with Gasteiger partial charge in [0.1, 0.15) is 0 Å². The van der Waals surface area contributed by atoms with Crippen molar-refractivity contribution in [3.8, 4) is 0 Å². The van der Waals surface area contributed by atoms with Crippen molar-refractivity contribution in [3.63, 3.8) is 0 Å². The standard InChI is InChI=1S/C11H12NO/c1-9-5-2-3-6-10(9)12-8-4-7-11(12)13/h2-3,5-6H,1,4,7-8H2. The van der Waals surface area contributed by atoms with Gasteiger partial charge in [-0.15, -0.1) is 0 Å². The zero-order valence-electron chi connectivity index (χ0n) is 7.49. The number of hydrogen-bond donors (Lipinski definition) is 0. The van der Waals surface area contributed by atoms with Crippen LogP contribution in [-0.2, 0) is 4.79 Å². The van der Waals surface area contributed by atoms with E-state index in [4.69, 9.17) is 0 Å². The Labute approximate surface area is 78.2 Å². The molecule has 2 nitrogen and oxygen atoms in total. The van der Waals surface area contributed by atoms with Crippen molar-refractivity contribution in [2.75, 3.05) is 11.4 Å². The van der Waals surface area contributed by atoms with E-state index in [0.717, 1.165) is 24.2 Å². The SMILES string of the molecule is [CH2]c1ccccc1N1CCCC1=O. The fraction of sp³-hybridized carbons (Fsp3) is 0.273. The van der Waals surface area contributed by atoms with Crippen molar-refractivity contribution in [2.45, 2.75) is 12.8 Å². The number of carbonyl (C=O) groups excluding carboxylic acids is 1. The summed E-state index contributed by atoms with van der Waals surface area (Å²) >= 11 is 0. The third kappa shape index (κ3) is 1.44. The molecule has 67 valence electrons. The molecule has 2 rings (SSSR count).